The van der Waals surface area contributed by atoms with E-state index in [0.717, 1.165) is 6.33 Å². The summed E-state index contributed by atoms with van der Waals surface area (Å²) in [4.78, 5) is 37.8. The van der Waals surface area contributed by atoms with E-state index in [-0.39, 0.29) is 12.0 Å². The van der Waals surface area contributed by atoms with Crippen molar-refractivity contribution in [1.82, 2.24) is 9.97 Å². The molecule has 1 heterocycles. The van der Waals surface area contributed by atoms with E-state index in [0.29, 0.717) is 0 Å². The topological polar surface area (TPSA) is 103 Å². The molecule has 72 valence electrons. The molecule has 0 bridgehead atoms. The first-order valence-electron chi connectivity index (χ1n) is 3.53. The Bertz CT molecular complexity index is 415. The number of ketones is 1. The highest BCUT2D eigenvalue weighted by Gasteiger charge is 2.24. The molecule has 0 unspecified atom stereocenters. The van der Waals surface area contributed by atoms with Crippen LogP contribution in [0.1, 0.15) is 16.2 Å². The van der Waals surface area contributed by atoms with Crippen molar-refractivity contribution in [1.29, 1.82) is 0 Å². The Morgan fingerprint density at radius 1 is 1.57 bits per heavy atom. The lowest BCUT2D eigenvalue weighted by molar-refractivity contribution is -0.386. The number of aryl methyl sites for hydroxylation is 1. The van der Waals surface area contributed by atoms with Gasteiger partial charge in [-0.15, -0.1) is 0 Å². The van der Waals surface area contributed by atoms with Gasteiger partial charge in [-0.2, -0.15) is 0 Å². The SMILES string of the molecule is Cc1ncnc(C(=O)C=O)c1[N+](=O)[O-]. The van der Waals surface area contributed by atoms with Crippen molar-refractivity contribution in [3.63, 3.8) is 0 Å². The molecule has 1 aromatic heterocycles. The van der Waals surface area contributed by atoms with Gasteiger partial charge in [-0.3, -0.25) is 19.7 Å². The number of rotatable bonds is 3. The second-order valence-corrected chi connectivity index (χ2v) is 2.40. The molecular formula is C7H5N3O4. The van der Waals surface area contributed by atoms with Gasteiger partial charge < -0.3 is 0 Å². The summed E-state index contributed by atoms with van der Waals surface area (Å²) in [6, 6.07) is 0. The Morgan fingerprint density at radius 3 is 2.71 bits per heavy atom. The fourth-order valence-electron chi connectivity index (χ4n) is 0.922. The van der Waals surface area contributed by atoms with Gasteiger partial charge in [0.15, 0.2) is 12.0 Å². The van der Waals surface area contributed by atoms with Crippen LogP contribution < -0.4 is 0 Å². The zero-order chi connectivity index (χ0) is 10.7. The number of aldehydes is 1. The third kappa shape index (κ3) is 1.60. The van der Waals surface area contributed by atoms with Crippen LogP contribution >= 0.6 is 0 Å². The summed E-state index contributed by atoms with van der Waals surface area (Å²) >= 11 is 0. The number of hydrogen-bond donors (Lipinski definition) is 0. The molecule has 0 fully saturated rings. The van der Waals surface area contributed by atoms with E-state index >= 15 is 0 Å². The molecule has 0 radical (unpaired) electrons. The molecule has 0 aliphatic carbocycles. The van der Waals surface area contributed by atoms with Gasteiger partial charge in [-0.05, 0) is 6.92 Å². The van der Waals surface area contributed by atoms with Crippen LogP contribution in [0.4, 0.5) is 5.69 Å². The second-order valence-electron chi connectivity index (χ2n) is 2.40. The van der Waals surface area contributed by atoms with E-state index in [1.807, 2.05) is 0 Å². The van der Waals surface area contributed by atoms with Crippen molar-refractivity contribution in [3.8, 4) is 0 Å². The average molecular weight is 195 g/mol. The molecule has 0 aliphatic heterocycles. The molecule has 1 rings (SSSR count). The van der Waals surface area contributed by atoms with Crippen LogP contribution in [0, 0.1) is 17.0 Å². The largest absolute Gasteiger partial charge is 0.320 e. The number of nitro groups is 1. The number of nitrogens with zero attached hydrogens (tertiary/aromatic N) is 3. The molecule has 0 amide bonds. The third-order valence-corrected chi connectivity index (χ3v) is 1.53. The van der Waals surface area contributed by atoms with E-state index < -0.39 is 22.1 Å². The number of aromatic nitrogens is 2. The van der Waals surface area contributed by atoms with Crippen molar-refractivity contribution >= 4 is 17.8 Å². The van der Waals surface area contributed by atoms with Gasteiger partial charge in [0.1, 0.15) is 12.0 Å². The highest BCUT2D eigenvalue weighted by atomic mass is 16.6. The summed E-state index contributed by atoms with van der Waals surface area (Å²) in [5, 5.41) is 10.5. The lowest BCUT2D eigenvalue weighted by Gasteiger charge is -1.98. The van der Waals surface area contributed by atoms with Crippen LogP contribution in [0.3, 0.4) is 0 Å². The molecule has 0 aliphatic rings. The number of Topliss-reactive ketones (excluding diaryl/α,β-unsaturated/α-hetero) is 1. The van der Waals surface area contributed by atoms with Crippen molar-refractivity contribution in [3.05, 3.63) is 27.8 Å². The number of hydrogen-bond acceptors (Lipinski definition) is 6. The number of carbonyl (C=O) groups is 2. The van der Waals surface area contributed by atoms with E-state index in [1.165, 1.54) is 6.92 Å². The van der Waals surface area contributed by atoms with Gasteiger partial charge in [0.2, 0.25) is 0 Å². The van der Waals surface area contributed by atoms with Crippen molar-refractivity contribution in [2.75, 3.05) is 0 Å². The Hall–Kier alpha value is -2.18. The van der Waals surface area contributed by atoms with Crippen molar-refractivity contribution < 1.29 is 14.5 Å². The van der Waals surface area contributed by atoms with Gasteiger partial charge in [0.05, 0.1) is 4.92 Å². The summed E-state index contributed by atoms with van der Waals surface area (Å²) < 4.78 is 0. The van der Waals surface area contributed by atoms with Gasteiger partial charge in [-0.1, -0.05) is 0 Å². The first-order valence-corrected chi connectivity index (χ1v) is 3.53. The summed E-state index contributed by atoms with van der Waals surface area (Å²) in [7, 11) is 0. The van der Waals surface area contributed by atoms with Crippen LogP contribution in [-0.2, 0) is 4.79 Å². The van der Waals surface area contributed by atoms with E-state index in [2.05, 4.69) is 9.97 Å². The van der Waals surface area contributed by atoms with Crippen LogP contribution in [-0.4, -0.2) is 27.0 Å². The number of carbonyl (C=O) groups excluding carboxylic acids is 2. The van der Waals surface area contributed by atoms with Crippen molar-refractivity contribution in [2.24, 2.45) is 0 Å². The van der Waals surface area contributed by atoms with Gasteiger partial charge in [-0.25, -0.2) is 9.97 Å². The maximum Gasteiger partial charge on any atom is 0.320 e. The van der Waals surface area contributed by atoms with Crippen LogP contribution in [0.15, 0.2) is 6.33 Å². The molecule has 0 atom stereocenters. The summed E-state index contributed by atoms with van der Waals surface area (Å²) in [5.74, 6) is -1.03. The average Bonchev–Trinajstić information content (AvgIpc) is 2.15. The molecule has 0 spiro atoms. The monoisotopic (exact) mass is 195 g/mol. The predicted octanol–water partition coefficient (Wildman–Crippen LogP) is 0.0748. The van der Waals surface area contributed by atoms with Crippen molar-refractivity contribution in [2.45, 2.75) is 6.92 Å². The zero-order valence-corrected chi connectivity index (χ0v) is 7.13. The smallest absolute Gasteiger partial charge is 0.294 e. The molecule has 0 saturated heterocycles. The van der Waals surface area contributed by atoms with Gasteiger partial charge in [0, 0.05) is 0 Å². The summed E-state index contributed by atoms with van der Waals surface area (Å²) in [5.41, 5.74) is -0.947. The minimum absolute atomic E-state index is 0.0191. The molecule has 1 aromatic rings. The van der Waals surface area contributed by atoms with E-state index in [9.17, 15) is 19.7 Å². The molecule has 0 aromatic carbocycles. The maximum absolute atomic E-state index is 10.9. The van der Waals surface area contributed by atoms with E-state index in [1.54, 1.807) is 0 Å². The highest BCUT2D eigenvalue weighted by molar-refractivity contribution is 6.33. The second kappa shape index (κ2) is 3.69. The molecular weight excluding hydrogens is 190 g/mol. The van der Waals surface area contributed by atoms with Crippen LogP contribution in [0.2, 0.25) is 0 Å². The zero-order valence-electron chi connectivity index (χ0n) is 7.13. The molecule has 0 saturated carbocycles. The highest BCUT2D eigenvalue weighted by Crippen LogP contribution is 2.18. The van der Waals surface area contributed by atoms with Crippen LogP contribution in [0.5, 0.6) is 0 Å². The summed E-state index contributed by atoms with van der Waals surface area (Å²) in [6.07, 6.45) is 0.980. The minimum Gasteiger partial charge on any atom is -0.294 e. The maximum atomic E-state index is 10.9. The van der Waals surface area contributed by atoms with Gasteiger partial charge >= 0.3 is 5.69 Å². The molecule has 0 N–H and O–H groups in total. The lowest BCUT2D eigenvalue weighted by Crippen LogP contribution is -2.09. The third-order valence-electron chi connectivity index (χ3n) is 1.53. The normalized spacial score (nSPS) is 9.50. The lowest BCUT2D eigenvalue weighted by atomic mass is 10.2. The fraction of sp³-hybridized carbons (Fsp3) is 0.143. The standard InChI is InChI=1S/C7H5N3O4/c1-4-7(10(13)14)6(5(12)2-11)9-3-8-4/h2-3H,1H3. The summed E-state index contributed by atoms with van der Waals surface area (Å²) in [6.45, 7) is 1.36. The Labute approximate surface area is 77.9 Å². The Morgan fingerprint density at radius 2 is 2.21 bits per heavy atom. The molecule has 7 heteroatoms. The molecule has 14 heavy (non-hydrogen) atoms. The first-order chi connectivity index (χ1) is 6.57. The van der Waals surface area contributed by atoms with E-state index in [4.69, 9.17) is 0 Å². The Kier molecular flexibility index (Phi) is 2.61. The first kappa shape index (κ1) is 9.90. The Balaban J connectivity index is 3.42. The van der Waals surface area contributed by atoms with Gasteiger partial charge in [0.25, 0.3) is 5.78 Å². The predicted molar refractivity (Wildman–Crippen MR) is 43.8 cm³/mol. The van der Waals surface area contributed by atoms with Crippen LogP contribution in [0.25, 0.3) is 0 Å². The minimum atomic E-state index is -1.03. The quantitative estimate of drug-likeness (QED) is 0.222. The molecule has 7 nitrogen and oxygen atoms in total. The fourth-order valence-corrected chi connectivity index (χ4v) is 0.922.